The van der Waals surface area contributed by atoms with Crippen molar-refractivity contribution < 1.29 is 8.78 Å². The molecule has 0 saturated heterocycles. The third-order valence-corrected chi connectivity index (χ3v) is 5.16. The molecule has 0 amide bonds. The van der Waals surface area contributed by atoms with E-state index in [1.807, 2.05) is 30.3 Å². The van der Waals surface area contributed by atoms with Gasteiger partial charge in [0.25, 0.3) is 0 Å². The highest BCUT2D eigenvalue weighted by Gasteiger charge is 2.28. The highest BCUT2D eigenvalue weighted by Crippen LogP contribution is 2.34. The minimum atomic E-state index is -0.806. The molecule has 4 rings (SSSR count). The summed E-state index contributed by atoms with van der Waals surface area (Å²) in [5, 5.41) is 0.668. The molecule has 1 aliphatic heterocycles. The van der Waals surface area contributed by atoms with E-state index in [1.54, 1.807) is 12.1 Å². The van der Waals surface area contributed by atoms with Crippen LogP contribution in [0.15, 0.2) is 60.8 Å². The van der Waals surface area contributed by atoms with E-state index in [4.69, 9.17) is 11.6 Å². The van der Waals surface area contributed by atoms with Gasteiger partial charge in [-0.05, 0) is 42.3 Å². The lowest BCUT2D eigenvalue weighted by Gasteiger charge is -2.31. The second kappa shape index (κ2) is 7.22. The Morgan fingerprint density at radius 1 is 1.00 bits per heavy atom. The second-order valence-electron chi connectivity index (χ2n) is 6.62. The zero-order valence-electron chi connectivity index (χ0n) is 14.2. The predicted molar refractivity (Wildman–Crippen MR) is 99.1 cm³/mol. The fourth-order valence-corrected chi connectivity index (χ4v) is 3.96. The molecule has 2 aromatic carbocycles. The molecule has 2 heterocycles. The van der Waals surface area contributed by atoms with Gasteiger partial charge in [-0.1, -0.05) is 35.9 Å². The van der Waals surface area contributed by atoms with E-state index in [2.05, 4.69) is 21.7 Å². The van der Waals surface area contributed by atoms with Crippen LogP contribution >= 0.6 is 11.6 Å². The van der Waals surface area contributed by atoms with Crippen molar-refractivity contribution in [1.29, 1.82) is 0 Å². The first-order valence-electron chi connectivity index (χ1n) is 8.71. The smallest absolute Gasteiger partial charge is 0.163 e. The molecule has 0 spiro atoms. The maximum atomic E-state index is 14.3. The molecule has 3 aromatic rings. The number of hydrogen-bond donors (Lipinski definition) is 0. The van der Waals surface area contributed by atoms with E-state index >= 15 is 0 Å². The summed E-state index contributed by atoms with van der Waals surface area (Å²) in [5.41, 5.74) is 2.56. The number of benzene rings is 2. The Bertz CT molecular complexity index is 922. The average molecular weight is 373 g/mol. The Balaban J connectivity index is 1.77. The lowest BCUT2D eigenvalue weighted by atomic mass is 10.0. The van der Waals surface area contributed by atoms with Gasteiger partial charge in [-0.25, -0.2) is 8.78 Å². The van der Waals surface area contributed by atoms with Crippen LogP contribution in [0, 0.1) is 11.6 Å². The van der Waals surface area contributed by atoms with Crippen molar-refractivity contribution in [2.24, 2.45) is 0 Å². The van der Waals surface area contributed by atoms with Gasteiger partial charge in [0.1, 0.15) is 0 Å². The standard InChI is InChI=1S/C21H19ClF2N2/c22-17-7-1-5-15(13-17)21-19-9-3-10-25(19)11-4-12-26(21)14-16-6-2-8-18(23)20(16)24/h1-3,5-10,13,21H,4,11-12,14H2/t21-/m1/s1. The van der Waals surface area contributed by atoms with Crippen molar-refractivity contribution in [1.82, 2.24) is 9.47 Å². The summed E-state index contributed by atoms with van der Waals surface area (Å²) in [6.07, 6.45) is 3.01. The van der Waals surface area contributed by atoms with Crippen LogP contribution in [-0.2, 0) is 13.1 Å². The highest BCUT2D eigenvalue weighted by atomic mass is 35.5. The molecule has 0 saturated carbocycles. The van der Waals surface area contributed by atoms with Crippen molar-refractivity contribution in [3.8, 4) is 0 Å². The fourth-order valence-electron chi connectivity index (χ4n) is 3.76. The van der Waals surface area contributed by atoms with Crippen LogP contribution in [0.4, 0.5) is 8.78 Å². The van der Waals surface area contributed by atoms with Crippen LogP contribution in [0.5, 0.6) is 0 Å². The van der Waals surface area contributed by atoms with Gasteiger partial charge < -0.3 is 4.57 Å². The van der Waals surface area contributed by atoms with Crippen molar-refractivity contribution in [3.63, 3.8) is 0 Å². The summed E-state index contributed by atoms with van der Waals surface area (Å²) in [6, 6.07) is 16.2. The molecular weight excluding hydrogens is 354 g/mol. The Labute approximate surface area is 156 Å². The molecule has 0 fully saturated rings. The van der Waals surface area contributed by atoms with E-state index in [9.17, 15) is 8.78 Å². The van der Waals surface area contributed by atoms with Gasteiger partial charge in [0.05, 0.1) is 6.04 Å². The summed E-state index contributed by atoms with van der Waals surface area (Å²) in [7, 11) is 0. The summed E-state index contributed by atoms with van der Waals surface area (Å²) >= 11 is 6.22. The van der Waals surface area contributed by atoms with Gasteiger partial charge in [-0.15, -0.1) is 0 Å². The molecule has 1 atom stereocenters. The van der Waals surface area contributed by atoms with Crippen molar-refractivity contribution in [2.75, 3.05) is 6.54 Å². The van der Waals surface area contributed by atoms with Gasteiger partial charge in [0.2, 0.25) is 0 Å². The lowest BCUT2D eigenvalue weighted by Crippen LogP contribution is -2.30. The molecule has 0 aliphatic carbocycles. The van der Waals surface area contributed by atoms with Crippen LogP contribution < -0.4 is 0 Å². The van der Waals surface area contributed by atoms with E-state index in [-0.39, 0.29) is 6.04 Å². The SMILES string of the molecule is Fc1cccc(CN2CCCn3cccc3[C@H]2c2cccc(Cl)c2)c1F. The van der Waals surface area contributed by atoms with Crippen LogP contribution in [0.2, 0.25) is 5.02 Å². The monoisotopic (exact) mass is 372 g/mol. The highest BCUT2D eigenvalue weighted by molar-refractivity contribution is 6.30. The van der Waals surface area contributed by atoms with E-state index in [0.29, 0.717) is 17.1 Å². The number of aryl methyl sites for hydroxylation is 1. The predicted octanol–water partition coefficient (Wildman–Crippen LogP) is 5.42. The van der Waals surface area contributed by atoms with Crippen LogP contribution in [0.25, 0.3) is 0 Å². The Hall–Kier alpha value is -2.17. The van der Waals surface area contributed by atoms with E-state index < -0.39 is 11.6 Å². The second-order valence-corrected chi connectivity index (χ2v) is 7.06. The Morgan fingerprint density at radius 3 is 2.69 bits per heavy atom. The number of nitrogens with zero attached hydrogens (tertiary/aromatic N) is 2. The summed E-state index contributed by atoms with van der Waals surface area (Å²) in [4.78, 5) is 2.20. The Morgan fingerprint density at radius 2 is 1.85 bits per heavy atom. The first kappa shape index (κ1) is 17.3. The minimum absolute atomic E-state index is 0.0612. The normalized spacial score (nSPS) is 17.7. The largest absolute Gasteiger partial charge is 0.350 e. The number of hydrogen-bond acceptors (Lipinski definition) is 1. The first-order valence-corrected chi connectivity index (χ1v) is 9.09. The number of aromatic nitrogens is 1. The molecular formula is C21H19ClF2N2. The lowest BCUT2D eigenvalue weighted by molar-refractivity contribution is 0.216. The first-order chi connectivity index (χ1) is 12.6. The molecule has 26 heavy (non-hydrogen) atoms. The number of fused-ring (bicyclic) bond motifs is 1. The molecule has 0 radical (unpaired) electrons. The maximum Gasteiger partial charge on any atom is 0.163 e. The molecule has 1 aromatic heterocycles. The van der Waals surface area contributed by atoms with Gasteiger partial charge >= 0.3 is 0 Å². The zero-order chi connectivity index (χ0) is 18.1. The van der Waals surface area contributed by atoms with Crippen LogP contribution in [-0.4, -0.2) is 16.0 Å². The topological polar surface area (TPSA) is 8.17 Å². The molecule has 0 bridgehead atoms. The van der Waals surface area contributed by atoms with Gasteiger partial charge in [0.15, 0.2) is 11.6 Å². The molecule has 134 valence electrons. The number of halogens is 3. The van der Waals surface area contributed by atoms with Gasteiger partial charge in [-0.2, -0.15) is 0 Å². The third kappa shape index (κ3) is 3.27. The fraction of sp³-hybridized carbons (Fsp3) is 0.238. The quantitative estimate of drug-likeness (QED) is 0.596. The van der Waals surface area contributed by atoms with E-state index in [1.165, 1.54) is 0 Å². The average Bonchev–Trinajstić information content (AvgIpc) is 3.00. The summed E-state index contributed by atoms with van der Waals surface area (Å²) in [6.45, 7) is 2.03. The summed E-state index contributed by atoms with van der Waals surface area (Å²) < 4.78 is 30.2. The van der Waals surface area contributed by atoms with Crippen molar-refractivity contribution in [3.05, 3.63) is 94.3 Å². The molecule has 0 unspecified atom stereocenters. The molecule has 1 aliphatic rings. The van der Waals surface area contributed by atoms with E-state index in [0.717, 1.165) is 36.8 Å². The van der Waals surface area contributed by atoms with Crippen molar-refractivity contribution in [2.45, 2.75) is 25.6 Å². The molecule has 2 nitrogen and oxygen atoms in total. The summed E-state index contributed by atoms with van der Waals surface area (Å²) in [5.74, 6) is -1.57. The number of rotatable bonds is 3. The van der Waals surface area contributed by atoms with Crippen molar-refractivity contribution >= 4 is 11.6 Å². The Kier molecular flexibility index (Phi) is 4.79. The maximum absolute atomic E-state index is 14.3. The van der Waals surface area contributed by atoms with Crippen LogP contribution in [0.3, 0.4) is 0 Å². The van der Waals surface area contributed by atoms with Gasteiger partial charge in [-0.3, -0.25) is 4.90 Å². The van der Waals surface area contributed by atoms with Crippen LogP contribution in [0.1, 0.15) is 29.3 Å². The molecule has 0 N–H and O–H groups in total. The minimum Gasteiger partial charge on any atom is -0.350 e. The van der Waals surface area contributed by atoms with Gasteiger partial charge in [0, 0.05) is 42.1 Å². The molecule has 5 heteroatoms. The zero-order valence-corrected chi connectivity index (χ0v) is 15.0. The third-order valence-electron chi connectivity index (χ3n) is 4.92.